The van der Waals surface area contributed by atoms with Crippen LogP contribution in [0.15, 0.2) is 95.4 Å². The largest absolute Gasteiger partial charge is 0.412 e. The fourth-order valence-corrected chi connectivity index (χ4v) is 5.83. The lowest BCUT2D eigenvalue weighted by Crippen LogP contribution is -2.24. The number of aromatic nitrogens is 6. The fourth-order valence-electron chi connectivity index (χ4n) is 5.83. The van der Waals surface area contributed by atoms with Gasteiger partial charge >= 0.3 is 0 Å². The van der Waals surface area contributed by atoms with E-state index in [2.05, 4.69) is 30.2 Å². The maximum Gasteiger partial charge on any atom is 0.283 e. The summed E-state index contributed by atoms with van der Waals surface area (Å²) in [7, 11) is 0. The second-order valence-electron chi connectivity index (χ2n) is 11.6. The van der Waals surface area contributed by atoms with Crippen LogP contribution in [0.2, 0.25) is 0 Å². The number of hydrogen-bond donors (Lipinski definition) is 4. The van der Waals surface area contributed by atoms with Crippen molar-refractivity contribution in [2.24, 2.45) is 32.9 Å². The number of pyridine rings is 2. The molecule has 0 bridgehead atoms. The molecule has 0 atom stereocenters. The number of aliphatic imine (C=N–C) groups is 2. The molecule has 15 heteroatoms. The van der Waals surface area contributed by atoms with Gasteiger partial charge < -0.3 is 28.4 Å². The quantitative estimate of drug-likeness (QED) is 0.150. The number of benzene rings is 2. The second-order valence-corrected chi connectivity index (χ2v) is 11.6. The van der Waals surface area contributed by atoms with E-state index in [0.29, 0.717) is 23.0 Å². The zero-order valence-electron chi connectivity index (χ0n) is 26.3. The van der Waals surface area contributed by atoms with Crippen molar-refractivity contribution in [2.75, 3.05) is 0 Å². The van der Waals surface area contributed by atoms with Crippen LogP contribution in [0, 0.1) is 0 Å². The highest BCUT2D eigenvalue weighted by Gasteiger charge is 2.34. The topological polar surface area (TPSA) is 256 Å². The summed E-state index contributed by atoms with van der Waals surface area (Å²) >= 11 is 0. The van der Waals surface area contributed by atoms with E-state index in [9.17, 15) is 9.59 Å². The first-order chi connectivity index (χ1) is 23.3. The van der Waals surface area contributed by atoms with E-state index in [1.807, 2.05) is 70.0 Å². The van der Waals surface area contributed by atoms with Crippen LogP contribution in [-0.4, -0.2) is 58.7 Å². The molecule has 2 aliphatic carbocycles. The Morgan fingerprint density at radius 2 is 1.02 bits per heavy atom. The molecule has 0 aliphatic heterocycles. The van der Waals surface area contributed by atoms with Gasteiger partial charge in [0.05, 0.1) is 57.3 Å². The van der Waals surface area contributed by atoms with Crippen LogP contribution in [0.25, 0.3) is 33.2 Å². The minimum Gasteiger partial charge on any atom is -0.412 e. The summed E-state index contributed by atoms with van der Waals surface area (Å²) < 4.78 is 3.63. The Hall–Kier alpha value is -6.48. The Morgan fingerprint density at radius 3 is 1.39 bits per heavy atom. The SMILES string of the molecule is NC(N)=NC(=O)c1cnn(-c2cccc3ncccc23)c1C1CC1.NC(N)=NC(=O)c1cnn(-c2cccc3ncccc23)c1C1CC1.O. The van der Waals surface area contributed by atoms with Crippen LogP contribution >= 0.6 is 0 Å². The smallest absolute Gasteiger partial charge is 0.283 e. The minimum absolute atomic E-state index is 0. The van der Waals surface area contributed by atoms with Gasteiger partial charge in [0, 0.05) is 35.0 Å². The van der Waals surface area contributed by atoms with Gasteiger partial charge in [-0.05, 0) is 74.2 Å². The third-order valence-electron chi connectivity index (χ3n) is 8.16. The van der Waals surface area contributed by atoms with Crippen molar-refractivity contribution < 1.29 is 15.1 Å². The first-order valence-electron chi connectivity index (χ1n) is 15.4. The zero-order valence-corrected chi connectivity index (χ0v) is 26.3. The van der Waals surface area contributed by atoms with Crippen molar-refractivity contribution in [1.82, 2.24) is 29.5 Å². The van der Waals surface area contributed by atoms with Crippen LogP contribution in [0.3, 0.4) is 0 Å². The highest BCUT2D eigenvalue weighted by Crippen LogP contribution is 2.44. The highest BCUT2D eigenvalue weighted by atomic mass is 16.2. The first kappa shape index (κ1) is 32.5. The maximum atomic E-state index is 12.3. The monoisotopic (exact) mass is 658 g/mol. The summed E-state index contributed by atoms with van der Waals surface area (Å²) in [4.78, 5) is 40.7. The lowest BCUT2D eigenvalue weighted by molar-refractivity contribution is 0.0993. The van der Waals surface area contributed by atoms with Gasteiger partial charge in [-0.15, -0.1) is 0 Å². The third kappa shape index (κ3) is 6.55. The molecule has 0 radical (unpaired) electrons. The Balaban J connectivity index is 0.000000167. The molecule has 0 saturated heterocycles. The zero-order chi connectivity index (χ0) is 33.4. The molecule has 2 aromatic carbocycles. The Labute approximate surface area is 279 Å². The van der Waals surface area contributed by atoms with Crippen molar-refractivity contribution in [2.45, 2.75) is 37.5 Å². The lowest BCUT2D eigenvalue weighted by atomic mass is 10.1. The van der Waals surface area contributed by atoms with Crippen LogP contribution in [-0.2, 0) is 0 Å². The summed E-state index contributed by atoms with van der Waals surface area (Å²) in [6.07, 6.45) is 10.7. The molecule has 2 aliphatic rings. The van der Waals surface area contributed by atoms with Gasteiger partial charge in [0.1, 0.15) is 0 Å². The van der Waals surface area contributed by atoms with E-state index in [0.717, 1.165) is 70.3 Å². The number of carbonyl (C=O) groups excluding carboxylic acids is 2. The summed E-state index contributed by atoms with van der Waals surface area (Å²) in [6, 6.07) is 19.5. The summed E-state index contributed by atoms with van der Waals surface area (Å²) in [6.45, 7) is 0. The summed E-state index contributed by atoms with van der Waals surface area (Å²) in [5, 5.41) is 10.8. The number of amides is 2. The predicted octanol–water partition coefficient (Wildman–Crippen LogP) is 2.60. The molecule has 49 heavy (non-hydrogen) atoms. The number of hydrogen-bond acceptors (Lipinski definition) is 6. The predicted molar refractivity (Wildman–Crippen MR) is 186 cm³/mol. The van der Waals surface area contributed by atoms with E-state index in [1.54, 1.807) is 12.4 Å². The first-order valence-corrected chi connectivity index (χ1v) is 15.4. The molecule has 4 heterocycles. The van der Waals surface area contributed by atoms with Crippen molar-refractivity contribution in [3.63, 3.8) is 0 Å². The van der Waals surface area contributed by atoms with Gasteiger partial charge in [0.15, 0.2) is 11.9 Å². The molecular weight excluding hydrogens is 624 g/mol. The van der Waals surface area contributed by atoms with E-state index >= 15 is 0 Å². The lowest BCUT2D eigenvalue weighted by Gasteiger charge is -2.10. The number of guanidine groups is 2. The van der Waals surface area contributed by atoms with Crippen LogP contribution in [0.5, 0.6) is 0 Å². The van der Waals surface area contributed by atoms with Crippen molar-refractivity contribution >= 4 is 45.5 Å². The molecule has 10 N–H and O–H groups in total. The number of nitrogens with zero attached hydrogens (tertiary/aromatic N) is 8. The van der Waals surface area contributed by atoms with Crippen molar-refractivity contribution in [3.05, 3.63) is 108 Å². The van der Waals surface area contributed by atoms with Crippen LogP contribution in [0.1, 0.15) is 69.6 Å². The molecule has 2 amide bonds. The average Bonchev–Trinajstić information content (AvgIpc) is 4.02. The molecule has 0 unspecified atom stereocenters. The average molecular weight is 659 g/mol. The molecule has 0 spiro atoms. The molecule has 248 valence electrons. The van der Waals surface area contributed by atoms with E-state index in [-0.39, 0.29) is 17.4 Å². The Kier molecular flexibility index (Phi) is 8.83. The molecule has 4 aromatic heterocycles. The molecule has 15 nitrogen and oxygen atoms in total. The second kappa shape index (κ2) is 13.3. The normalized spacial score (nSPS) is 13.6. The van der Waals surface area contributed by atoms with E-state index in [4.69, 9.17) is 22.9 Å². The van der Waals surface area contributed by atoms with Crippen molar-refractivity contribution in [1.29, 1.82) is 0 Å². The number of carbonyl (C=O) groups is 2. The Morgan fingerprint density at radius 1 is 0.612 bits per heavy atom. The van der Waals surface area contributed by atoms with Crippen molar-refractivity contribution in [3.8, 4) is 11.4 Å². The van der Waals surface area contributed by atoms with E-state index < -0.39 is 11.8 Å². The summed E-state index contributed by atoms with van der Waals surface area (Å²) in [5.74, 6) is -0.809. The van der Waals surface area contributed by atoms with Crippen LogP contribution in [0.4, 0.5) is 0 Å². The van der Waals surface area contributed by atoms with Gasteiger partial charge in [-0.2, -0.15) is 20.2 Å². The molecule has 2 saturated carbocycles. The van der Waals surface area contributed by atoms with Gasteiger partial charge in [-0.25, -0.2) is 9.36 Å². The molecule has 6 aromatic rings. The number of fused-ring (bicyclic) bond motifs is 2. The van der Waals surface area contributed by atoms with Gasteiger partial charge in [0.25, 0.3) is 11.8 Å². The Bertz CT molecular complexity index is 2090. The fraction of sp³-hybridized carbons (Fsp3) is 0.176. The van der Waals surface area contributed by atoms with Gasteiger partial charge in [0.2, 0.25) is 0 Å². The number of rotatable bonds is 6. The van der Waals surface area contributed by atoms with Gasteiger partial charge in [-0.1, -0.05) is 12.1 Å². The standard InChI is InChI=1S/2C17H16N6O.H2O/c2*18-17(19)22-16(24)12-9-21-23(15(12)10-6-7-10)14-5-1-4-13-11(14)3-2-8-20-13;/h2*1-5,8-10H,6-7H2,(H4,18,19,22,24);1H2. The highest BCUT2D eigenvalue weighted by molar-refractivity contribution is 6.03. The number of nitrogens with two attached hydrogens (primary N) is 4. The maximum absolute atomic E-state index is 12.3. The molecule has 8 rings (SSSR count). The third-order valence-corrected chi connectivity index (χ3v) is 8.16. The van der Waals surface area contributed by atoms with E-state index in [1.165, 1.54) is 12.4 Å². The summed E-state index contributed by atoms with van der Waals surface area (Å²) in [5.41, 5.74) is 27.5. The van der Waals surface area contributed by atoms with Crippen LogP contribution < -0.4 is 22.9 Å². The molecule has 2 fully saturated rings. The van der Waals surface area contributed by atoms with Gasteiger partial charge in [-0.3, -0.25) is 19.6 Å². The minimum atomic E-state index is -0.457. The molecular formula is C34H34N12O3.